The Morgan fingerprint density at radius 1 is 1.47 bits per heavy atom. The molecule has 1 aliphatic heterocycles. The molecule has 0 aliphatic carbocycles. The largest absolute Gasteiger partial charge is 0.317 e. The maximum atomic E-state index is 4.69. The zero-order valence-corrected chi connectivity index (χ0v) is 13.0. The third-order valence-electron chi connectivity index (χ3n) is 3.97. The Bertz CT molecular complexity index is 485. The Morgan fingerprint density at radius 3 is 3.05 bits per heavy atom. The van der Waals surface area contributed by atoms with Crippen molar-refractivity contribution in [2.45, 2.75) is 31.7 Å². The molecule has 2 aromatic heterocycles. The number of likely N-dealkylation sites (N-methyl/N-ethyl adjacent to an activating group) is 1. The number of fused-ring (bicyclic) bond motifs is 1. The molecular formula is C14H21N3S2. The number of nitrogens with one attached hydrogen (secondary N) is 1. The van der Waals surface area contributed by atoms with E-state index in [1.807, 2.05) is 0 Å². The van der Waals surface area contributed by atoms with Gasteiger partial charge in [0.25, 0.3) is 0 Å². The van der Waals surface area contributed by atoms with E-state index >= 15 is 0 Å². The Balaban J connectivity index is 1.60. The summed E-state index contributed by atoms with van der Waals surface area (Å²) in [4.78, 5) is 5.80. The van der Waals surface area contributed by atoms with Crippen LogP contribution in [-0.2, 0) is 6.42 Å². The lowest BCUT2D eigenvalue weighted by Gasteiger charge is -2.25. The van der Waals surface area contributed by atoms with Crippen LogP contribution in [0.4, 0.5) is 0 Å². The maximum absolute atomic E-state index is 4.69. The lowest BCUT2D eigenvalue weighted by molar-refractivity contribution is 0.375. The van der Waals surface area contributed by atoms with Crippen LogP contribution >= 0.6 is 23.1 Å². The fraction of sp³-hybridized carbons (Fsp3) is 0.643. The van der Waals surface area contributed by atoms with Gasteiger partial charge in [0.05, 0.1) is 5.69 Å². The second-order valence-electron chi connectivity index (χ2n) is 5.31. The maximum Gasteiger partial charge on any atom is 0.193 e. The molecule has 104 valence electrons. The van der Waals surface area contributed by atoms with Crippen LogP contribution < -0.4 is 5.32 Å². The summed E-state index contributed by atoms with van der Waals surface area (Å²) >= 11 is 3.81. The number of aromatic nitrogens is 2. The van der Waals surface area contributed by atoms with Gasteiger partial charge in [0.2, 0.25) is 0 Å². The zero-order chi connectivity index (χ0) is 13.1. The fourth-order valence-corrected chi connectivity index (χ4v) is 4.74. The van der Waals surface area contributed by atoms with Gasteiger partial charge in [0.1, 0.15) is 0 Å². The molecule has 1 atom stereocenters. The monoisotopic (exact) mass is 295 g/mol. The topological polar surface area (TPSA) is 29.3 Å². The highest BCUT2D eigenvalue weighted by Gasteiger charge is 2.19. The number of thioether (sulfide) groups is 1. The van der Waals surface area contributed by atoms with E-state index in [9.17, 15) is 0 Å². The minimum atomic E-state index is 0.567. The molecule has 1 saturated heterocycles. The van der Waals surface area contributed by atoms with Crippen molar-refractivity contribution in [3.8, 4) is 0 Å². The third kappa shape index (κ3) is 3.33. The van der Waals surface area contributed by atoms with E-state index in [4.69, 9.17) is 4.98 Å². The first kappa shape index (κ1) is 13.5. The number of thiazole rings is 1. The van der Waals surface area contributed by atoms with E-state index in [1.54, 1.807) is 11.3 Å². The molecule has 2 aromatic rings. The molecule has 3 heterocycles. The minimum absolute atomic E-state index is 0.567. The Kier molecular flexibility index (Phi) is 4.45. The summed E-state index contributed by atoms with van der Waals surface area (Å²) in [6.07, 6.45) is 9.38. The molecule has 0 spiro atoms. The summed E-state index contributed by atoms with van der Waals surface area (Å²) in [5.74, 6) is 3.60. The molecule has 0 amide bonds. The predicted molar refractivity (Wildman–Crippen MR) is 84.3 cm³/mol. The van der Waals surface area contributed by atoms with Crippen molar-refractivity contribution >= 4 is 28.1 Å². The van der Waals surface area contributed by atoms with E-state index in [2.05, 4.69) is 46.3 Å². The van der Waals surface area contributed by atoms with Crippen molar-refractivity contribution in [2.75, 3.05) is 18.6 Å². The summed E-state index contributed by atoms with van der Waals surface area (Å²) in [7, 11) is 2.08. The average Bonchev–Trinajstić information content (AvgIpc) is 3.00. The van der Waals surface area contributed by atoms with Crippen LogP contribution in [0.1, 0.15) is 25.0 Å². The van der Waals surface area contributed by atoms with E-state index in [0.717, 1.165) is 17.3 Å². The molecular weight excluding hydrogens is 274 g/mol. The van der Waals surface area contributed by atoms with Crippen molar-refractivity contribution in [1.29, 1.82) is 0 Å². The summed E-state index contributed by atoms with van der Waals surface area (Å²) in [6.45, 7) is 0. The Hall–Kier alpha value is -0.520. The molecule has 0 aromatic carbocycles. The molecule has 5 heteroatoms. The molecule has 1 aliphatic rings. The van der Waals surface area contributed by atoms with Crippen molar-refractivity contribution in [2.24, 2.45) is 5.92 Å². The van der Waals surface area contributed by atoms with Gasteiger partial charge in [-0.05, 0) is 43.7 Å². The van der Waals surface area contributed by atoms with E-state index < -0.39 is 0 Å². The van der Waals surface area contributed by atoms with Gasteiger partial charge in [-0.25, -0.2) is 4.98 Å². The molecule has 1 N–H and O–H groups in total. The SMILES string of the molecule is CNC(Cc1cn2ccsc2n1)CC1CCSCC1. The van der Waals surface area contributed by atoms with Crippen molar-refractivity contribution in [3.05, 3.63) is 23.5 Å². The number of nitrogens with zero attached hydrogens (tertiary/aromatic N) is 2. The second-order valence-corrected chi connectivity index (χ2v) is 7.40. The van der Waals surface area contributed by atoms with Crippen LogP contribution in [0, 0.1) is 5.92 Å². The van der Waals surface area contributed by atoms with Crippen molar-refractivity contribution in [1.82, 2.24) is 14.7 Å². The second kappa shape index (κ2) is 6.29. The van der Waals surface area contributed by atoms with Crippen LogP contribution in [0.2, 0.25) is 0 Å². The molecule has 1 unspecified atom stereocenters. The molecule has 0 saturated carbocycles. The lowest BCUT2D eigenvalue weighted by Crippen LogP contribution is -2.31. The van der Waals surface area contributed by atoms with Gasteiger partial charge in [0.15, 0.2) is 4.96 Å². The molecule has 19 heavy (non-hydrogen) atoms. The summed E-state index contributed by atoms with van der Waals surface area (Å²) in [6, 6.07) is 0.567. The van der Waals surface area contributed by atoms with Gasteiger partial charge in [-0.3, -0.25) is 4.40 Å². The highest BCUT2D eigenvalue weighted by atomic mass is 32.2. The van der Waals surface area contributed by atoms with Crippen LogP contribution in [0.3, 0.4) is 0 Å². The van der Waals surface area contributed by atoms with Gasteiger partial charge in [-0.1, -0.05) is 0 Å². The number of rotatable bonds is 5. The number of hydrogen-bond donors (Lipinski definition) is 1. The fourth-order valence-electron chi connectivity index (χ4n) is 2.81. The molecule has 0 radical (unpaired) electrons. The summed E-state index contributed by atoms with van der Waals surface area (Å²) in [5.41, 5.74) is 1.22. The lowest BCUT2D eigenvalue weighted by atomic mass is 9.92. The predicted octanol–water partition coefficient (Wildman–Crippen LogP) is 3.06. The molecule has 1 fully saturated rings. The van der Waals surface area contributed by atoms with Gasteiger partial charge >= 0.3 is 0 Å². The molecule has 3 nitrogen and oxygen atoms in total. The molecule has 0 bridgehead atoms. The third-order valence-corrected chi connectivity index (χ3v) is 5.79. The minimum Gasteiger partial charge on any atom is -0.317 e. The smallest absolute Gasteiger partial charge is 0.193 e. The van der Waals surface area contributed by atoms with Gasteiger partial charge in [0, 0.05) is 30.2 Å². The first-order valence-electron chi connectivity index (χ1n) is 7.01. The first-order chi connectivity index (χ1) is 9.35. The highest BCUT2D eigenvalue weighted by molar-refractivity contribution is 7.99. The van der Waals surface area contributed by atoms with Gasteiger partial charge < -0.3 is 5.32 Å². The van der Waals surface area contributed by atoms with Crippen LogP contribution in [-0.4, -0.2) is 34.0 Å². The molecule has 3 rings (SSSR count). The van der Waals surface area contributed by atoms with Crippen molar-refractivity contribution in [3.63, 3.8) is 0 Å². The Labute approximate surface area is 122 Å². The van der Waals surface area contributed by atoms with E-state index in [0.29, 0.717) is 6.04 Å². The van der Waals surface area contributed by atoms with E-state index in [1.165, 1.54) is 36.5 Å². The summed E-state index contributed by atoms with van der Waals surface area (Å²) in [5, 5.41) is 5.57. The van der Waals surface area contributed by atoms with Crippen LogP contribution in [0.25, 0.3) is 4.96 Å². The van der Waals surface area contributed by atoms with Gasteiger partial charge in [-0.2, -0.15) is 11.8 Å². The van der Waals surface area contributed by atoms with Crippen molar-refractivity contribution < 1.29 is 0 Å². The normalized spacial score (nSPS) is 19.0. The van der Waals surface area contributed by atoms with Crippen LogP contribution in [0.5, 0.6) is 0 Å². The number of hydrogen-bond acceptors (Lipinski definition) is 4. The Morgan fingerprint density at radius 2 is 2.32 bits per heavy atom. The standard InChI is InChI=1S/C14H21N3S2/c1-15-12(8-11-2-5-18-6-3-11)9-13-10-17-4-7-19-14(17)16-13/h4,7,10-12,15H,2-3,5-6,8-9H2,1H3. The van der Waals surface area contributed by atoms with Gasteiger partial charge in [-0.15, -0.1) is 11.3 Å². The zero-order valence-electron chi connectivity index (χ0n) is 11.3. The number of imidazole rings is 1. The first-order valence-corrected chi connectivity index (χ1v) is 9.04. The summed E-state index contributed by atoms with van der Waals surface area (Å²) < 4.78 is 2.13. The quantitative estimate of drug-likeness (QED) is 0.919. The van der Waals surface area contributed by atoms with E-state index in [-0.39, 0.29) is 0 Å². The van der Waals surface area contributed by atoms with Crippen LogP contribution in [0.15, 0.2) is 17.8 Å². The highest BCUT2D eigenvalue weighted by Crippen LogP contribution is 2.27. The average molecular weight is 295 g/mol.